The van der Waals surface area contributed by atoms with Crippen LogP contribution in [0.15, 0.2) is 36.5 Å². The largest absolute Gasteiger partial charge is 0.256 e. The molecule has 1 aromatic heterocycles. The maximum absolute atomic E-state index is 13.6. The molecule has 0 saturated carbocycles. The second-order valence-corrected chi connectivity index (χ2v) is 4.05. The van der Waals surface area contributed by atoms with Crippen LogP contribution in [0.2, 0.25) is 0 Å². The molecule has 0 saturated heterocycles. The Bertz CT molecular complexity index is 603. The van der Waals surface area contributed by atoms with Crippen molar-refractivity contribution >= 4 is 6.08 Å². The highest BCUT2D eigenvalue weighted by Gasteiger charge is 2.08. The first-order valence-electron chi connectivity index (χ1n) is 5.66. The van der Waals surface area contributed by atoms with Gasteiger partial charge in [-0.1, -0.05) is 6.08 Å². The highest BCUT2D eigenvalue weighted by molar-refractivity contribution is 5.66. The number of pyridine rings is 1. The van der Waals surface area contributed by atoms with Gasteiger partial charge >= 0.3 is 0 Å². The summed E-state index contributed by atoms with van der Waals surface area (Å²) in [6.45, 7) is 3.80. The van der Waals surface area contributed by atoms with Crippen molar-refractivity contribution in [2.45, 2.75) is 13.8 Å². The normalized spacial score (nSPS) is 11.1. The Hall–Kier alpha value is -2.03. The van der Waals surface area contributed by atoms with Crippen molar-refractivity contribution in [1.82, 2.24) is 4.98 Å². The highest BCUT2D eigenvalue weighted by Crippen LogP contribution is 2.24. The quantitative estimate of drug-likeness (QED) is 0.765. The molecule has 0 amide bonds. The van der Waals surface area contributed by atoms with E-state index < -0.39 is 11.6 Å². The van der Waals surface area contributed by atoms with Crippen LogP contribution < -0.4 is 0 Å². The van der Waals surface area contributed by atoms with Crippen LogP contribution in [0, 0.1) is 18.6 Å². The van der Waals surface area contributed by atoms with Gasteiger partial charge in [-0.05, 0) is 49.8 Å². The summed E-state index contributed by atoms with van der Waals surface area (Å²) in [6.07, 6.45) is 5.32. The van der Waals surface area contributed by atoms with Crippen LogP contribution in [0.4, 0.5) is 8.78 Å². The summed E-state index contributed by atoms with van der Waals surface area (Å²) in [5.41, 5.74) is 2.57. The van der Waals surface area contributed by atoms with Crippen molar-refractivity contribution in [1.29, 1.82) is 0 Å². The zero-order chi connectivity index (χ0) is 13.1. The van der Waals surface area contributed by atoms with Crippen molar-refractivity contribution in [3.05, 3.63) is 59.4 Å². The molecule has 0 spiro atoms. The van der Waals surface area contributed by atoms with Gasteiger partial charge in [-0.2, -0.15) is 0 Å². The summed E-state index contributed by atoms with van der Waals surface area (Å²) in [5.74, 6) is -0.905. The minimum Gasteiger partial charge on any atom is -0.256 e. The van der Waals surface area contributed by atoms with Crippen LogP contribution in [-0.2, 0) is 0 Å². The maximum Gasteiger partial charge on any atom is 0.131 e. The van der Waals surface area contributed by atoms with Crippen molar-refractivity contribution in [3.8, 4) is 11.1 Å². The maximum atomic E-state index is 13.6. The molecule has 92 valence electrons. The lowest BCUT2D eigenvalue weighted by Gasteiger charge is -2.06. The lowest BCUT2D eigenvalue weighted by molar-refractivity contribution is 0.603. The van der Waals surface area contributed by atoms with E-state index in [2.05, 4.69) is 4.98 Å². The van der Waals surface area contributed by atoms with Gasteiger partial charge in [0.05, 0.1) is 5.69 Å². The third-order valence-electron chi connectivity index (χ3n) is 2.68. The summed E-state index contributed by atoms with van der Waals surface area (Å²) < 4.78 is 26.8. The number of hydrogen-bond donors (Lipinski definition) is 0. The first-order chi connectivity index (χ1) is 8.61. The van der Waals surface area contributed by atoms with Crippen LogP contribution in [-0.4, -0.2) is 4.98 Å². The van der Waals surface area contributed by atoms with Gasteiger partial charge < -0.3 is 0 Å². The van der Waals surface area contributed by atoms with Gasteiger partial charge in [0.1, 0.15) is 11.6 Å². The molecule has 0 fully saturated rings. The number of hydrogen-bond acceptors (Lipinski definition) is 1. The van der Waals surface area contributed by atoms with E-state index in [0.717, 1.165) is 23.4 Å². The second kappa shape index (κ2) is 5.08. The standard InChI is InChI=1S/C15H13F2N/c1-3-4-15-10(2)7-11(9-18-15)13-8-12(16)5-6-14(13)17/h3-9H,1-2H3/b4-3-. The summed E-state index contributed by atoms with van der Waals surface area (Å²) in [7, 11) is 0. The van der Waals surface area contributed by atoms with E-state index >= 15 is 0 Å². The number of allylic oxidation sites excluding steroid dienone is 1. The SMILES string of the molecule is C/C=C\c1ncc(-c2cc(F)ccc2F)cc1C. The Morgan fingerprint density at radius 2 is 1.94 bits per heavy atom. The van der Waals surface area contributed by atoms with Crippen molar-refractivity contribution < 1.29 is 8.78 Å². The molecule has 2 rings (SSSR count). The molecular weight excluding hydrogens is 232 g/mol. The van der Waals surface area contributed by atoms with E-state index in [1.165, 1.54) is 6.07 Å². The average molecular weight is 245 g/mol. The number of rotatable bonds is 2. The fraction of sp³-hybridized carbons (Fsp3) is 0.133. The molecule has 0 radical (unpaired) electrons. The summed E-state index contributed by atoms with van der Waals surface area (Å²) in [4.78, 5) is 4.24. The van der Waals surface area contributed by atoms with Gasteiger partial charge in [-0.25, -0.2) is 8.78 Å². The molecule has 18 heavy (non-hydrogen) atoms. The molecule has 1 aromatic carbocycles. The molecule has 1 nitrogen and oxygen atoms in total. The van der Waals surface area contributed by atoms with Gasteiger partial charge in [0, 0.05) is 17.3 Å². The van der Waals surface area contributed by atoms with Crippen LogP contribution in [0.1, 0.15) is 18.2 Å². The van der Waals surface area contributed by atoms with Gasteiger partial charge in [-0.3, -0.25) is 4.98 Å². The van der Waals surface area contributed by atoms with Crippen molar-refractivity contribution in [3.63, 3.8) is 0 Å². The Kier molecular flexibility index (Phi) is 3.51. The third kappa shape index (κ3) is 2.45. The fourth-order valence-electron chi connectivity index (χ4n) is 1.78. The van der Waals surface area contributed by atoms with E-state index in [-0.39, 0.29) is 5.56 Å². The summed E-state index contributed by atoms with van der Waals surface area (Å²) >= 11 is 0. The average Bonchev–Trinajstić information content (AvgIpc) is 2.35. The van der Waals surface area contributed by atoms with E-state index in [4.69, 9.17) is 0 Å². The zero-order valence-electron chi connectivity index (χ0n) is 10.2. The molecule has 0 unspecified atom stereocenters. The first-order valence-corrected chi connectivity index (χ1v) is 5.66. The van der Waals surface area contributed by atoms with E-state index in [9.17, 15) is 8.78 Å². The molecule has 3 heteroatoms. The van der Waals surface area contributed by atoms with Crippen LogP contribution in [0.5, 0.6) is 0 Å². The predicted octanol–water partition coefficient (Wildman–Crippen LogP) is 4.37. The Morgan fingerprint density at radius 1 is 1.17 bits per heavy atom. The van der Waals surface area contributed by atoms with Gasteiger partial charge in [0.25, 0.3) is 0 Å². The lowest BCUT2D eigenvalue weighted by atomic mass is 10.0. The Morgan fingerprint density at radius 3 is 2.61 bits per heavy atom. The predicted molar refractivity (Wildman–Crippen MR) is 69.0 cm³/mol. The molecule has 1 heterocycles. The number of benzene rings is 1. The molecule has 0 aliphatic heterocycles. The summed E-state index contributed by atoms with van der Waals surface area (Å²) in [5, 5.41) is 0. The zero-order valence-corrected chi connectivity index (χ0v) is 10.2. The van der Waals surface area contributed by atoms with E-state index in [0.29, 0.717) is 5.56 Å². The highest BCUT2D eigenvalue weighted by atomic mass is 19.1. The number of nitrogens with zero attached hydrogens (tertiary/aromatic N) is 1. The van der Waals surface area contributed by atoms with Gasteiger partial charge in [0.2, 0.25) is 0 Å². The number of halogens is 2. The molecular formula is C15H13F2N. The first kappa shape index (κ1) is 12.4. The minimum atomic E-state index is -0.457. The summed E-state index contributed by atoms with van der Waals surface area (Å²) in [6, 6.07) is 5.22. The third-order valence-corrected chi connectivity index (χ3v) is 2.68. The van der Waals surface area contributed by atoms with Crippen LogP contribution in [0.3, 0.4) is 0 Å². The van der Waals surface area contributed by atoms with Gasteiger partial charge in [0.15, 0.2) is 0 Å². The van der Waals surface area contributed by atoms with E-state index in [1.54, 1.807) is 12.3 Å². The van der Waals surface area contributed by atoms with Crippen LogP contribution >= 0.6 is 0 Å². The van der Waals surface area contributed by atoms with Gasteiger partial charge in [-0.15, -0.1) is 0 Å². The lowest BCUT2D eigenvalue weighted by Crippen LogP contribution is -1.91. The molecule has 0 atom stereocenters. The van der Waals surface area contributed by atoms with Crippen LogP contribution in [0.25, 0.3) is 17.2 Å². The monoisotopic (exact) mass is 245 g/mol. The smallest absolute Gasteiger partial charge is 0.131 e. The van der Waals surface area contributed by atoms with Crippen molar-refractivity contribution in [2.75, 3.05) is 0 Å². The fourth-order valence-corrected chi connectivity index (χ4v) is 1.78. The molecule has 0 N–H and O–H groups in total. The molecule has 0 aliphatic carbocycles. The van der Waals surface area contributed by atoms with Crippen molar-refractivity contribution in [2.24, 2.45) is 0 Å². The number of aryl methyl sites for hydroxylation is 1. The minimum absolute atomic E-state index is 0.234. The Labute approximate surface area is 105 Å². The van der Waals surface area contributed by atoms with E-state index in [1.807, 2.05) is 26.0 Å². The second-order valence-electron chi connectivity index (χ2n) is 4.05. The topological polar surface area (TPSA) is 12.9 Å². The Balaban J connectivity index is 2.52. The number of aromatic nitrogens is 1. The molecule has 0 bridgehead atoms. The molecule has 0 aliphatic rings. The molecule has 2 aromatic rings.